The first-order valence-electron chi connectivity index (χ1n) is 10.8. The number of aliphatic imine (C=N–C) groups is 1. The molecule has 0 radical (unpaired) electrons. The van der Waals surface area contributed by atoms with E-state index in [1.54, 1.807) is 55.7 Å². The second-order valence-corrected chi connectivity index (χ2v) is 8.25. The van der Waals surface area contributed by atoms with Gasteiger partial charge in [-0.1, -0.05) is 30.3 Å². The Kier molecular flexibility index (Phi) is 8.70. The maximum absolute atomic E-state index is 14.0. The summed E-state index contributed by atoms with van der Waals surface area (Å²) in [6, 6.07) is 12.2. The molecule has 1 atom stereocenters. The molecule has 2 aromatic rings. The van der Waals surface area contributed by atoms with Gasteiger partial charge in [-0.05, 0) is 55.1 Å². The molecule has 1 aliphatic rings. The number of rotatable bonds is 11. The number of carbonyl (C=O) groups excluding carboxylic acids is 1. The number of ether oxygens (including phenoxy) is 1. The van der Waals surface area contributed by atoms with Gasteiger partial charge in [-0.25, -0.2) is 4.99 Å². The molecule has 2 aromatic carbocycles. The van der Waals surface area contributed by atoms with E-state index in [0.717, 1.165) is 11.1 Å². The fraction of sp³-hybridized carbons (Fsp3) is 0.111. The third-order valence-corrected chi connectivity index (χ3v) is 5.30. The van der Waals surface area contributed by atoms with Crippen molar-refractivity contribution >= 4 is 52.0 Å². The number of nitrogens with zero attached hydrogens (tertiary/aromatic N) is 2. The summed E-state index contributed by atoms with van der Waals surface area (Å²) in [5.41, 5.74) is 8.45. The molecular weight excluding hydrogens is 481 g/mol. The molecule has 0 saturated heterocycles. The van der Waals surface area contributed by atoms with Crippen molar-refractivity contribution in [2.75, 3.05) is 12.4 Å². The summed E-state index contributed by atoms with van der Waals surface area (Å²) in [6.45, 7) is 5.26. The fourth-order valence-electron chi connectivity index (χ4n) is 3.20. The summed E-state index contributed by atoms with van der Waals surface area (Å²) < 4.78 is 20.9. The molecule has 4 N–H and O–H groups in total. The summed E-state index contributed by atoms with van der Waals surface area (Å²) in [5, 5.41) is 11.7. The van der Waals surface area contributed by atoms with Crippen molar-refractivity contribution in [2.24, 2.45) is 10.7 Å². The minimum atomic E-state index is -1.26. The Bertz CT molecular complexity index is 1360. The number of hydrogen-bond donors (Lipinski definition) is 3. The van der Waals surface area contributed by atoms with Gasteiger partial charge in [0.2, 0.25) is 5.78 Å². The van der Waals surface area contributed by atoms with Crippen LogP contribution in [0.25, 0.3) is 5.57 Å². The smallest absolute Gasteiger partial charge is 0.321 e. The lowest BCUT2D eigenvalue weighted by molar-refractivity contribution is -0.522. The Morgan fingerprint density at radius 3 is 2.69 bits per heavy atom. The van der Waals surface area contributed by atoms with Gasteiger partial charge in [-0.2, -0.15) is 8.97 Å². The number of carbonyl (C=O) groups is 1. The van der Waals surface area contributed by atoms with Gasteiger partial charge in [0.15, 0.2) is 12.4 Å². The Morgan fingerprint density at radius 2 is 2.06 bits per heavy atom. The molecule has 1 unspecified atom stereocenters. The zero-order valence-corrected chi connectivity index (χ0v) is 20.6. The highest BCUT2D eigenvalue weighted by molar-refractivity contribution is 6.70. The topological polar surface area (TPSA) is 104 Å². The molecule has 0 fully saturated rings. The quantitative estimate of drug-likeness (QED) is 0.124. The number of methoxy groups -OCH3 is 1. The molecule has 0 amide bonds. The summed E-state index contributed by atoms with van der Waals surface area (Å²) >= 11 is 5.98. The van der Waals surface area contributed by atoms with Crippen LogP contribution in [0.2, 0.25) is 5.02 Å². The summed E-state index contributed by atoms with van der Waals surface area (Å²) in [4.78, 5) is 16.9. The van der Waals surface area contributed by atoms with Crippen molar-refractivity contribution in [1.82, 2.24) is 0 Å². The Hall–Kier alpha value is -4.30. The van der Waals surface area contributed by atoms with Gasteiger partial charge in [0.05, 0.1) is 24.2 Å². The minimum absolute atomic E-state index is 0.0950. The lowest BCUT2D eigenvalue weighted by Crippen LogP contribution is -2.25. The number of nitrogens with one attached hydrogen (secondary N) is 2. The normalized spacial score (nSPS) is 14.2. The Morgan fingerprint density at radius 1 is 1.31 bits per heavy atom. The third-order valence-electron chi connectivity index (χ3n) is 5.07. The molecule has 1 aliphatic heterocycles. The number of halogens is 2. The van der Waals surface area contributed by atoms with E-state index in [9.17, 15) is 9.18 Å². The molecule has 9 heteroatoms. The molecule has 3 rings (SSSR count). The van der Waals surface area contributed by atoms with Crippen LogP contribution in [0.15, 0.2) is 90.4 Å². The predicted molar refractivity (Wildman–Crippen MR) is 144 cm³/mol. The van der Waals surface area contributed by atoms with E-state index >= 15 is 0 Å². The van der Waals surface area contributed by atoms with Gasteiger partial charge >= 0.3 is 6.30 Å². The third kappa shape index (κ3) is 6.43. The molecule has 0 saturated carbocycles. The molecular formula is C27H26ClFN5O2+. The molecule has 36 heavy (non-hydrogen) atoms. The fourth-order valence-corrected chi connectivity index (χ4v) is 3.39. The summed E-state index contributed by atoms with van der Waals surface area (Å²) in [5.74, 6) is -0.0528. The zero-order valence-electron chi connectivity index (χ0n) is 19.8. The molecule has 0 spiro atoms. The predicted octanol–water partition coefficient (Wildman–Crippen LogP) is 5.42. The average molecular weight is 507 g/mol. The maximum Gasteiger partial charge on any atom is 0.321 e. The van der Waals surface area contributed by atoms with Gasteiger partial charge in [0.25, 0.3) is 0 Å². The number of nitrogens with two attached hydrogens (primary N) is 1. The van der Waals surface area contributed by atoms with Crippen LogP contribution in [-0.4, -0.2) is 41.4 Å². The molecule has 0 bridgehead atoms. The van der Waals surface area contributed by atoms with E-state index < -0.39 is 12.1 Å². The molecule has 0 aliphatic carbocycles. The molecule has 184 valence electrons. The van der Waals surface area contributed by atoms with E-state index in [2.05, 4.69) is 16.9 Å². The van der Waals surface area contributed by atoms with Crippen LogP contribution in [0.5, 0.6) is 5.75 Å². The van der Waals surface area contributed by atoms with E-state index in [4.69, 9.17) is 27.5 Å². The van der Waals surface area contributed by atoms with E-state index in [1.807, 2.05) is 6.07 Å². The van der Waals surface area contributed by atoms with Gasteiger partial charge < -0.3 is 15.8 Å². The number of benzene rings is 2. The summed E-state index contributed by atoms with van der Waals surface area (Å²) in [6.07, 6.45) is 7.35. The van der Waals surface area contributed by atoms with Crippen LogP contribution in [0.4, 0.5) is 15.8 Å². The van der Waals surface area contributed by atoms with Crippen molar-refractivity contribution in [2.45, 2.75) is 13.2 Å². The van der Waals surface area contributed by atoms with E-state index in [0.29, 0.717) is 27.7 Å². The van der Waals surface area contributed by atoms with Crippen LogP contribution in [0.3, 0.4) is 0 Å². The average Bonchev–Trinajstić information content (AvgIpc) is 2.82. The van der Waals surface area contributed by atoms with Crippen molar-refractivity contribution in [3.8, 4) is 5.75 Å². The van der Waals surface area contributed by atoms with Gasteiger partial charge in [0, 0.05) is 22.9 Å². The van der Waals surface area contributed by atoms with Crippen LogP contribution in [0.1, 0.15) is 12.5 Å². The van der Waals surface area contributed by atoms with E-state index in [-0.39, 0.29) is 11.4 Å². The lowest BCUT2D eigenvalue weighted by Gasteiger charge is -2.14. The second kappa shape index (κ2) is 11.9. The van der Waals surface area contributed by atoms with Gasteiger partial charge in [-0.15, -0.1) is 0 Å². The standard InChI is InChI=1S/C27H25ClFN5O2/c1-17(2)27(29)34-15-19(16-34)18-7-8-22(25(13-18)36-3)32-12-10-24(35)26(31)23(9-11-30)33-21-6-4-5-20(28)14-21/h4-16,27,31H,1H2,2-3H3,(H2-,30,32,33,35)/p+1. The number of allylic oxidation sites excluding steroid dienone is 3. The number of anilines is 1. The highest BCUT2D eigenvalue weighted by Gasteiger charge is 2.27. The second-order valence-electron chi connectivity index (χ2n) is 7.81. The first kappa shape index (κ1) is 26.3. The first-order valence-corrected chi connectivity index (χ1v) is 11.2. The first-order chi connectivity index (χ1) is 17.2. The SMILES string of the molecule is C=C(C)C(F)[N+]1=CC(c2ccc(NC=CC(=O)C(=N)C(C=CN)=Nc3cccc(Cl)c3)c(OC)c2)=C1. The lowest BCUT2D eigenvalue weighted by atomic mass is 10.0. The van der Waals surface area contributed by atoms with Crippen LogP contribution in [-0.2, 0) is 4.79 Å². The monoisotopic (exact) mass is 506 g/mol. The zero-order chi connectivity index (χ0) is 26.2. The van der Waals surface area contributed by atoms with Gasteiger partial charge in [-0.3, -0.25) is 10.2 Å². The van der Waals surface area contributed by atoms with Crippen molar-refractivity contribution < 1.29 is 18.5 Å². The van der Waals surface area contributed by atoms with Crippen molar-refractivity contribution in [3.63, 3.8) is 0 Å². The minimum Gasteiger partial charge on any atom is -0.495 e. The maximum atomic E-state index is 14.0. The highest BCUT2D eigenvalue weighted by atomic mass is 35.5. The van der Waals surface area contributed by atoms with Crippen LogP contribution >= 0.6 is 11.6 Å². The summed E-state index contributed by atoms with van der Waals surface area (Å²) in [7, 11) is 1.52. The Labute approximate surface area is 214 Å². The molecule has 0 aromatic heterocycles. The molecule has 1 heterocycles. The van der Waals surface area contributed by atoms with Crippen molar-refractivity contribution in [3.05, 3.63) is 96.0 Å². The number of ketones is 1. The Balaban J connectivity index is 1.69. The van der Waals surface area contributed by atoms with Crippen molar-refractivity contribution in [1.29, 1.82) is 5.41 Å². The number of alkyl halides is 1. The van der Waals surface area contributed by atoms with Gasteiger partial charge in [0.1, 0.15) is 17.0 Å². The number of hydrogen-bond acceptors (Lipinski definition) is 6. The van der Waals surface area contributed by atoms with E-state index in [1.165, 1.54) is 36.2 Å². The van der Waals surface area contributed by atoms with Crippen LogP contribution in [0, 0.1) is 5.41 Å². The molecule has 7 nitrogen and oxygen atoms in total. The highest BCUT2D eigenvalue weighted by Crippen LogP contribution is 2.30. The largest absolute Gasteiger partial charge is 0.495 e. The van der Waals surface area contributed by atoms with Crippen LogP contribution < -0.4 is 15.8 Å².